The van der Waals surface area contributed by atoms with Gasteiger partial charge in [-0.25, -0.2) is 0 Å². The number of alkyl halides is 3. The lowest BCUT2D eigenvalue weighted by molar-refractivity contribution is -0.138. The standard InChI is InChI=1S/C33H37F3N4O2/c1-20-17-42-38-30(20)29(22-5-3-6-22)23-7-4-8-25(13-23)40-16-27-26(31(40)41)14-24(15-28(27)33(34,35)36)21(2)39-12-10-32(19-39)9-11-37-18-32/h4,7-8,13-15,17,21-22,29,37H,3,5-6,9-12,16,18-19H2,1-2H3/t21-,29+,32-/m0/s1. The van der Waals surface area contributed by atoms with Gasteiger partial charge in [-0.15, -0.1) is 0 Å². The van der Waals surface area contributed by atoms with E-state index in [-0.39, 0.29) is 41.0 Å². The van der Waals surface area contributed by atoms with Crippen LogP contribution in [0.25, 0.3) is 0 Å². The Morgan fingerprint density at radius 3 is 2.64 bits per heavy atom. The quantitative estimate of drug-likeness (QED) is 0.347. The summed E-state index contributed by atoms with van der Waals surface area (Å²) in [7, 11) is 0. The van der Waals surface area contributed by atoms with Gasteiger partial charge >= 0.3 is 6.18 Å². The van der Waals surface area contributed by atoms with Crippen LogP contribution in [-0.4, -0.2) is 42.1 Å². The lowest BCUT2D eigenvalue weighted by Gasteiger charge is -2.33. The maximum absolute atomic E-state index is 14.5. The minimum atomic E-state index is -4.56. The molecule has 0 radical (unpaired) electrons. The fraction of sp³-hybridized carbons (Fsp3) is 0.515. The van der Waals surface area contributed by atoms with Crippen molar-refractivity contribution in [3.63, 3.8) is 0 Å². The summed E-state index contributed by atoms with van der Waals surface area (Å²) in [6.45, 7) is 7.50. The summed E-state index contributed by atoms with van der Waals surface area (Å²) in [5, 5.41) is 7.75. The summed E-state index contributed by atoms with van der Waals surface area (Å²) >= 11 is 0. The Morgan fingerprint density at radius 2 is 1.98 bits per heavy atom. The molecule has 4 heterocycles. The topological polar surface area (TPSA) is 61.6 Å². The van der Waals surface area contributed by atoms with Crippen molar-refractivity contribution < 1.29 is 22.5 Å². The van der Waals surface area contributed by atoms with Crippen LogP contribution in [0, 0.1) is 18.3 Å². The molecule has 1 spiro atoms. The van der Waals surface area contributed by atoms with Crippen LogP contribution in [-0.2, 0) is 12.7 Å². The molecule has 1 aliphatic carbocycles. The summed E-state index contributed by atoms with van der Waals surface area (Å²) in [6, 6.07) is 10.5. The number of carbonyl (C=O) groups is 1. The van der Waals surface area contributed by atoms with Gasteiger partial charge in [0.05, 0.1) is 17.8 Å². The summed E-state index contributed by atoms with van der Waals surface area (Å²) in [6.07, 6.45) is 2.56. The molecule has 222 valence electrons. The number of carbonyl (C=O) groups excluding carboxylic acids is 1. The highest BCUT2D eigenvalue weighted by Crippen LogP contribution is 2.46. The van der Waals surface area contributed by atoms with Crippen LogP contribution < -0.4 is 10.2 Å². The number of fused-ring (bicyclic) bond motifs is 1. The van der Waals surface area contributed by atoms with Gasteiger partial charge in [-0.3, -0.25) is 9.69 Å². The Morgan fingerprint density at radius 1 is 1.14 bits per heavy atom. The average molecular weight is 579 g/mol. The molecule has 3 aromatic rings. The van der Waals surface area contributed by atoms with Gasteiger partial charge in [0.1, 0.15) is 6.26 Å². The molecule has 3 aliphatic heterocycles. The molecule has 7 rings (SSSR count). The molecule has 42 heavy (non-hydrogen) atoms. The predicted octanol–water partition coefficient (Wildman–Crippen LogP) is 6.84. The van der Waals surface area contributed by atoms with Gasteiger partial charge in [-0.05, 0) is 105 Å². The van der Waals surface area contributed by atoms with Crippen molar-refractivity contribution >= 4 is 11.6 Å². The molecule has 1 N–H and O–H groups in total. The SMILES string of the molecule is Cc1conc1[C@@H](c1cccc(N2Cc3c(cc([C@H](C)N4CC[C@]5(CCNC5)C4)cc3C(F)(F)F)C2=O)c1)C1CCC1. The highest BCUT2D eigenvalue weighted by Gasteiger charge is 2.44. The van der Waals surface area contributed by atoms with Gasteiger partial charge in [0.2, 0.25) is 0 Å². The molecule has 9 heteroatoms. The lowest BCUT2D eigenvalue weighted by Crippen LogP contribution is -2.31. The van der Waals surface area contributed by atoms with Crippen LogP contribution in [0.3, 0.4) is 0 Å². The Hall–Kier alpha value is -3.17. The molecule has 2 aromatic carbocycles. The van der Waals surface area contributed by atoms with E-state index in [9.17, 15) is 18.0 Å². The maximum atomic E-state index is 14.5. The van der Waals surface area contributed by atoms with E-state index in [1.165, 1.54) is 11.0 Å². The van der Waals surface area contributed by atoms with E-state index in [0.29, 0.717) is 17.2 Å². The Labute approximate surface area is 244 Å². The van der Waals surface area contributed by atoms with Crippen LogP contribution in [0.15, 0.2) is 47.2 Å². The van der Waals surface area contributed by atoms with Gasteiger partial charge in [-0.2, -0.15) is 13.2 Å². The van der Waals surface area contributed by atoms with Crippen LogP contribution in [0.4, 0.5) is 18.9 Å². The molecule has 3 fully saturated rings. The van der Waals surface area contributed by atoms with Crippen LogP contribution in [0.2, 0.25) is 0 Å². The van der Waals surface area contributed by atoms with E-state index >= 15 is 0 Å². The number of hydrogen-bond acceptors (Lipinski definition) is 5. The summed E-state index contributed by atoms with van der Waals surface area (Å²) in [5.74, 6) is 0.0630. The fourth-order valence-corrected chi connectivity index (χ4v) is 7.70. The van der Waals surface area contributed by atoms with Gasteiger partial charge in [0, 0.05) is 41.9 Å². The fourth-order valence-electron chi connectivity index (χ4n) is 7.70. The van der Waals surface area contributed by atoms with Crippen molar-refractivity contribution in [1.29, 1.82) is 0 Å². The smallest absolute Gasteiger partial charge is 0.364 e. The number of aromatic nitrogens is 1. The maximum Gasteiger partial charge on any atom is 0.416 e. The second-order valence-corrected chi connectivity index (χ2v) is 13.0. The van der Waals surface area contributed by atoms with E-state index in [1.807, 2.05) is 38.1 Å². The van der Waals surface area contributed by atoms with Gasteiger partial charge in [0.25, 0.3) is 5.91 Å². The Bertz CT molecular complexity index is 1510. The summed E-state index contributed by atoms with van der Waals surface area (Å²) < 4.78 is 48.7. The minimum absolute atomic E-state index is 0.0227. The molecule has 1 saturated carbocycles. The molecular formula is C33H37F3N4O2. The summed E-state index contributed by atoms with van der Waals surface area (Å²) in [4.78, 5) is 17.6. The average Bonchev–Trinajstić information content (AvgIpc) is 3.74. The molecule has 4 aliphatic rings. The highest BCUT2D eigenvalue weighted by molar-refractivity contribution is 6.10. The molecule has 2 saturated heterocycles. The highest BCUT2D eigenvalue weighted by atomic mass is 19.4. The molecule has 3 atom stereocenters. The second kappa shape index (κ2) is 10.2. The number of nitrogens with zero attached hydrogens (tertiary/aromatic N) is 3. The first-order valence-electron chi connectivity index (χ1n) is 15.1. The lowest BCUT2D eigenvalue weighted by atomic mass is 9.71. The molecular weight excluding hydrogens is 541 g/mol. The first kappa shape index (κ1) is 27.7. The van der Waals surface area contributed by atoms with E-state index in [2.05, 4.69) is 15.4 Å². The van der Waals surface area contributed by atoms with Gasteiger partial charge in [-0.1, -0.05) is 23.7 Å². The van der Waals surface area contributed by atoms with Crippen molar-refractivity contribution in [2.45, 2.75) is 70.6 Å². The third kappa shape index (κ3) is 4.65. The monoisotopic (exact) mass is 578 g/mol. The van der Waals surface area contributed by atoms with E-state index in [4.69, 9.17) is 4.52 Å². The van der Waals surface area contributed by atoms with Gasteiger partial charge in [0.15, 0.2) is 0 Å². The molecule has 0 bridgehead atoms. The first-order valence-corrected chi connectivity index (χ1v) is 15.1. The number of likely N-dealkylation sites (tertiary alicyclic amines) is 1. The third-order valence-electron chi connectivity index (χ3n) is 10.4. The van der Waals surface area contributed by atoms with E-state index in [0.717, 1.165) is 75.1 Å². The number of benzene rings is 2. The molecule has 6 nitrogen and oxygen atoms in total. The van der Waals surface area contributed by atoms with E-state index < -0.39 is 11.7 Å². The third-order valence-corrected chi connectivity index (χ3v) is 10.4. The van der Waals surface area contributed by atoms with Crippen LogP contribution >= 0.6 is 0 Å². The number of halogens is 3. The Kier molecular flexibility index (Phi) is 6.73. The normalized spacial score (nSPS) is 24.4. The van der Waals surface area contributed by atoms with Crippen molar-refractivity contribution in [2.75, 3.05) is 31.1 Å². The zero-order valence-corrected chi connectivity index (χ0v) is 24.1. The zero-order chi connectivity index (χ0) is 29.2. The second-order valence-electron chi connectivity index (χ2n) is 13.0. The zero-order valence-electron chi connectivity index (χ0n) is 24.1. The number of aryl methyl sites for hydroxylation is 1. The van der Waals surface area contributed by atoms with Crippen molar-refractivity contribution in [3.05, 3.63) is 81.7 Å². The van der Waals surface area contributed by atoms with Crippen molar-refractivity contribution in [1.82, 2.24) is 15.4 Å². The first-order chi connectivity index (χ1) is 20.1. The molecule has 1 aromatic heterocycles. The predicted molar refractivity (Wildman–Crippen MR) is 153 cm³/mol. The largest absolute Gasteiger partial charge is 0.416 e. The molecule has 0 unspecified atom stereocenters. The van der Waals surface area contributed by atoms with Crippen LogP contribution in [0.5, 0.6) is 0 Å². The minimum Gasteiger partial charge on any atom is -0.364 e. The summed E-state index contributed by atoms with van der Waals surface area (Å²) in [5.41, 5.74) is 3.78. The van der Waals surface area contributed by atoms with Crippen LogP contribution in [0.1, 0.15) is 94.9 Å². The van der Waals surface area contributed by atoms with Crippen molar-refractivity contribution in [2.24, 2.45) is 11.3 Å². The molecule has 1 amide bonds. The number of hydrogen-bond donors (Lipinski definition) is 1. The number of amides is 1. The number of rotatable bonds is 6. The number of anilines is 1. The van der Waals surface area contributed by atoms with Gasteiger partial charge < -0.3 is 14.7 Å². The Balaban J connectivity index is 1.21. The number of nitrogens with one attached hydrogen (secondary N) is 1. The van der Waals surface area contributed by atoms with E-state index in [1.54, 1.807) is 12.3 Å². The van der Waals surface area contributed by atoms with Crippen molar-refractivity contribution in [3.8, 4) is 0 Å².